The summed E-state index contributed by atoms with van der Waals surface area (Å²) < 4.78 is 5.60. The van der Waals surface area contributed by atoms with Gasteiger partial charge in [-0.2, -0.15) is 0 Å². The van der Waals surface area contributed by atoms with E-state index in [0.29, 0.717) is 5.75 Å². The maximum absolute atomic E-state index is 11.6. The predicted octanol–water partition coefficient (Wildman–Crippen LogP) is 2.26. The van der Waals surface area contributed by atoms with E-state index in [0.717, 1.165) is 11.1 Å². The minimum absolute atomic E-state index is 0.0805. The van der Waals surface area contributed by atoms with Crippen LogP contribution >= 0.6 is 0 Å². The number of benzene rings is 1. The highest BCUT2D eigenvalue weighted by atomic mass is 16.5. The molecule has 0 heterocycles. The van der Waals surface area contributed by atoms with Gasteiger partial charge in [-0.15, -0.1) is 0 Å². The van der Waals surface area contributed by atoms with Gasteiger partial charge in [0, 0.05) is 6.54 Å². The minimum atomic E-state index is -0.940. The standard InChI is InChI=1S/C16H23NO4/c1-11-5-6-12(16(2,3)4)13(9-11)21-10-14(18)17-8-7-15(19)20/h5-6,9H,7-8,10H2,1-4H3,(H,17,18)(H,19,20). The number of carboxylic acid groups (broad SMARTS) is 1. The van der Waals surface area contributed by atoms with Gasteiger partial charge < -0.3 is 15.2 Å². The summed E-state index contributed by atoms with van der Waals surface area (Å²) in [5.74, 6) is -0.571. The van der Waals surface area contributed by atoms with Gasteiger partial charge in [-0.1, -0.05) is 32.9 Å². The molecule has 5 heteroatoms. The van der Waals surface area contributed by atoms with Crippen LogP contribution in [0.25, 0.3) is 0 Å². The fraction of sp³-hybridized carbons (Fsp3) is 0.500. The third-order valence-electron chi connectivity index (χ3n) is 2.96. The summed E-state index contributed by atoms with van der Waals surface area (Å²) in [6.07, 6.45) is -0.0938. The third-order valence-corrected chi connectivity index (χ3v) is 2.96. The smallest absolute Gasteiger partial charge is 0.305 e. The van der Waals surface area contributed by atoms with Crippen molar-refractivity contribution >= 4 is 11.9 Å². The monoisotopic (exact) mass is 293 g/mol. The average Bonchev–Trinajstić information content (AvgIpc) is 2.34. The molecule has 0 saturated carbocycles. The van der Waals surface area contributed by atoms with Crippen LogP contribution in [0.4, 0.5) is 0 Å². The number of aliphatic carboxylic acids is 1. The summed E-state index contributed by atoms with van der Waals surface area (Å²) in [5, 5.41) is 11.0. The van der Waals surface area contributed by atoms with Gasteiger partial charge in [-0.05, 0) is 29.5 Å². The molecule has 5 nitrogen and oxygen atoms in total. The number of aryl methyl sites for hydroxylation is 1. The first kappa shape index (κ1) is 17.0. The van der Waals surface area contributed by atoms with Crippen molar-refractivity contribution in [1.82, 2.24) is 5.32 Å². The molecular weight excluding hydrogens is 270 g/mol. The van der Waals surface area contributed by atoms with Crippen molar-refractivity contribution in [2.75, 3.05) is 13.2 Å². The Morgan fingerprint density at radius 1 is 1.29 bits per heavy atom. The number of ether oxygens (including phenoxy) is 1. The molecule has 0 saturated heterocycles. The van der Waals surface area contributed by atoms with Crippen LogP contribution < -0.4 is 10.1 Å². The largest absolute Gasteiger partial charge is 0.483 e. The minimum Gasteiger partial charge on any atom is -0.483 e. The zero-order valence-electron chi connectivity index (χ0n) is 13.0. The van der Waals surface area contributed by atoms with Crippen LogP contribution in [0.15, 0.2) is 18.2 Å². The van der Waals surface area contributed by atoms with E-state index in [1.807, 2.05) is 25.1 Å². The molecule has 0 fully saturated rings. The van der Waals surface area contributed by atoms with Crippen LogP contribution in [-0.4, -0.2) is 30.1 Å². The van der Waals surface area contributed by atoms with E-state index in [1.165, 1.54) is 0 Å². The van der Waals surface area contributed by atoms with Crippen molar-refractivity contribution < 1.29 is 19.4 Å². The maximum Gasteiger partial charge on any atom is 0.305 e. The third kappa shape index (κ3) is 5.85. The first-order valence-corrected chi connectivity index (χ1v) is 6.92. The molecule has 1 aromatic carbocycles. The summed E-state index contributed by atoms with van der Waals surface area (Å²) >= 11 is 0. The number of hydrogen-bond donors (Lipinski definition) is 2. The Morgan fingerprint density at radius 3 is 2.52 bits per heavy atom. The Morgan fingerprint density at radius 2 is 1.95 bits per heavy atom. The van der Waals surface area contributed by atoms with E-state index >= 15 is 0 Å². The number of hydrogen-bond acceptors (Lipinski definition) is 3. The molecule has 0 aliphatic rings. The lowest BCUT2D eigenvalue weighted by atomic mass is 9.86. The van der Waals surface area contributed by atoms with Crippen molar-refractivity contribution in [2.45, 2.75) is 39.5 Å². The molecule has 1 aromatic rings. The van der Waals surface area contributed by atoms with Gasteiger partial charge in [-0.25, -0.2) is 0 Å². The van der Waals surface area contributed by atoms with Crippen LogP contribution in [-0.2, 0) is 15.0 Å². The van der Waals surface area contributed by atoms with Gasteiger partial charge in [0.15, 0.2) is 6.61 Å². The quantitative estimate of drug-likeness (QED) is 0.843. The number of carbonyl (C=O) groups excluding carboxylic acids is 1. The molecule has 0 aromatic heterocycles. The lowest BCUT2D eigenvalue weighted by Gasteiger charge is -2.23. The van der Waals surface area contributed by atoms with E-state index in [1.54, 1.807) is 0 Å². The Kier molecular flexibility index (Phi) is 5.76. The second-order valence-corrected chi connectivity index (χ2v) is 6.03. The van der Waals surface area contributed by atoms with E-state index in [2.05, 4.69) is 26.1 Å². The molecule has 0 aliphatic heterocycles. The Balaban J connectivity index is 2.64. The van der Waals surface area contributed by atoms with Crippen molar-refractivity contribution in [3.05, 3.63) is 29.3 Å². The van der Waals surface area contributed by atoms with E-state index in [9.17, 15) is 9.59 Å². The Bertz CT molecular complexity index is 517. The highest BCUT2D eigenvalue weighted by Gasteiger charge is 2.19. The van der Waals surface area contributed by atoms with E-state index < -0.39 is 5.97 Å². The predicted molar refractivity (Wildman–Crippen MR) is 80.6 cm³/mol. The van der Waals surface area contributed by atoms with Crippen LogP contribution in [0.3, 0.4) is 0 Å². The van der Waals surface area contributed by atoms with Crippen LogP contribution in [0.2, 0.25) is 0 Å². The first-order valence-electron chi connectivity index (χ1n) is 6.92. The molecule has 0 aliphatic carbocycles. The molecular formula is C16H23NO4. The Labute approximate surface area is 125 Å². The molecule has 0 spiro atoms. The summed E-state index contributed by atoms with van der Waals surface area (Å²) in [6.45, 7) is 8.20. The molecule has 0 radical (unpaired) electrons. The lowest BCUT2D eigenvalue weighted by Crippen LogP contribution is -2.31. The first-order chi connectivity index (χ1) is 9.70. The summed E-state index contributed by atoms with van der Waals surface area (Å²) in [7, 11) is 0. The Hall–Kier alpha value is -2.04. The van der Waals surface area contributed by atoms with Gasteiger partial charge in [0.25, 0.3) is 5.91 Å². The maximum atomic E-state index is 11.6. The van der Waals surface area contributed by atoms with Gasteiger partial charge in [0.1, 0.15) is 5.75 Å². The SMILES string of the molecule is Cc1ccc(C(C)(C)C)c(OCC(=O)NCCC(=O)O)c1. The van der Waals surface area contributed by atoms with Gasteiger partial charge in [-0.3, -0.25) is 9.59 Å². The zero-order chi connectivity index (χ0) is 16.0. The molecule has 21 heavy (non-hydrogen) atoms. The highest BCUT2D eigenvalue weighted by molar-refractivity contribution is 5.78. The topological polar surface area (TPSA) is 75.6 Å². The van der Waals surface area contributed by atoms with Gasteiger partial charge in [0.05, 0.1) is 6.42 Å². The number of carboxylic acids is 1. The molecule has 0 atom stereocenters. The summed E-state index contributed by atoms with van der Waals surface area (Å²) in [5.41, 5.74) is 2.01. The van der Waals surface area contributed by atoms with Crippen molar-refractivity contribution in [3.8, 4) is 5.75 Å². The second-order valence-electron chi connectivity index (χ2n) is 6.03. The normalized spacial score (nSPS) is 11.0. The molecule has 1 rings (SSSR count). The highest BCUT2D eigenvalue weighted by Crippen LogP contribution is 2.31. The van der Waals surface area contributed by atoms with E-state index in [4.69, 9.17) is 9.84 Å². The molecule has 0 unspecified atom stereocenters. The summed E-state index contributed by atoms with van der Waals surface area (Å²) in [6, 6.07) is 5.93. The second kappa shape index (κ2) is 7.11. The molecule has 0 bridgehead atoms. The number of carbonyl (C=O) groups is 2. The zero-order valence-corrected chi connectivity index (χ0v) is 13.0. The number of nitrogens with one attached hydrogen (secondary N) is 1. The average molecular weight is 293 g/mol. The van der Waals surface area contributed by atoms with Crippen LogP contribution in [0, 0.1) is 6.92 Å². The van der Waals surface area contributed by atoms with E-state index in [-0.39, 0.29) is 30.9 Å². The van der Waals surface area contributed by atoms with Crippen molar-refractivity contribution in [2.24, 2.45) is 0 Å². The molecule has 2 N–H and O–H groups in total. The van der Waals surface area contributed by atoms with Crippen LogP contribution in [0.1, 0.15) is 38.3 Å². The van der Waals surface area contributed by atoms with Crippen molar-refractivity contribution in [3.63, 3.8) is 0 Å². The fourth-order valence-electron chi connectivity index (χ4n) is 1.87. The number of amides is 1. The molecule has 1 amide bonds. The number of rotatable bonds is 6. The lowest BCUT2D eigenvalue weighted by molar-refractivity contribution is -0.137. The van der Waals surface area contributed by atoms with Gasteiger partial charge in [0.2, 0.25) is 0 Å². The van der Waals surface area contributed by atoms with Crippen molar-refractivity contribution in [1.29, 1.82) is 0 Å². The molecule has 116 valence electrons. The summed E-state index contributed by atoms with van der Waals surface area (Å²) in [4.78, 5) is 22.0. The van der Waals surface area contributed by atoms with Gasteiger partial charge >= 0.3 is 5.97 Å². The fourth-order valence-corrected chi connectivity index (χ4v) is 1.87. The van der Waals surface area contributed by atoms with Crippen LogP contribution in [0.5, 0.6) is 5.75 Å².